The van der Waals surface area contributed by atoms with Crippen LogP contribution in [0.4, 0.5) is 22.7 Å². The van der Waals surface area contributed by atoms with Crippen LogP contribution in [-0.2, 0) is 5.54 Å². The number of anilines is 4. The highest BCUT2D eigenvalue weighted by Crippen LogP contribution is 2.55. The summed E-state index contributed by atoms with van der Waals surface area (Å²) >= 11 is 1.85. The van der Waals surface area contributed by atoms with Crippen molar-refractivity contribution in [2.75, 3.05) is 9.80 Å². The summed E-state index contributed by atoms with van der Waals surface area (Å²) in [6.45, 7) is 14.0. The van der Waals surface area contributed by atoms with Gasteiger partial charge in [0.25, 0.3) is 0 Å². The van der Waals surface area contributed by atoms with Gasteiger partial charge in [0.15, 0.2) is 0 Å². The van der Waals surface area contributed by atoms with Gasteiger partial charge in [0.1, 0.15) is 6.04 Å². The van der Waals surface area contributed by atoms with E-state index in [1.54, 1.807) is 0 Å². The van der Waals surface area contributed by atoms with E-state index >= 15 is 0 Å². The normalized spacial score (nSPS) is 15.5. The maximum atomic E-state index is 2.65. The van der Waals surface area contributed by atoms with E-state index in [-0.39, 0.29) is 5.54 Å². The van der Waals surface area contributed by atoms with Gasteiger partial charge in [0, 0.05) is 21.2 Å². The van der Waals surface area contributed by atoms with Crippen molar-refractivity contribution in [2.24, 2.45) is 0 Å². The minimum absolute atomic E-state index is 0.207. The first-order valence-corrected chi connectivity index (χ1v) is 16.3. The first-order valence-electron chi connectivity index (χ1n) is 15.4. The number of benzene rings is 5. The predicted octanol–water partition coefficient (Wildman–Crippen LogP) is 11.6. The minimum atomic E-state index is -0.207. The van der Waals surface area contributed by atoms with Crippen LogP contribution in [0.25, 0.3) is 0 Å². The highest BCUT2D eigenvalue weighted by Gasteiger charge is 2.47. The van der Waals surface area contributed by atoms with Crippen LogP contribution in [0.15, 0.2) is 125 Å². The van der Waals surface area contributed by atoms with E-state index in [0.717, 1.165) is 0 Å². The molecule has 3 heteroatoms. The van der Waals surface area contributed by atoms with Crippen molar-refractivity contribution in [3.8, 4) is 0 Å². The van der Waals surface area contributed by atoms with Crippen molar-refractivity contribution in [1.82, 2.24) is 0 Å². The molecule has 0 spiro atoms. The van der Waals surface area contributed by atoms with Crippen LogP contribution in [0.1, 0.15) is 81.2 Å². The Kier molecular flexibility index (Phi) is 6.90. The van der Waals surface area contributed by atoms with Crippen LogP contribution in [0.5, 0.6) is 0 Å². The fourth-order valence-corrected chi connectivity index (χ4v) is 8.00. The summed E-state index contributed by atoms with van der Waals surface area (Å²) < 4.78 is 0. The third kappa shape index (κ3) is 4.48. The van der Waals surface area contributed by atoms with Crippen LogP contribution in [0.3, 0.4) is 0 Å². The van der Waals surface area contributed by atoms with E-state index < -0.39 is 0 Å². The Morgan fingerprint density at radius 1 is 0.581 bits per heavy atom. The third-order valence-electron chi connectivity index (χ3n) is 9.02. The molecular weight excluding hydrogens is 541 g/mol. The number of rotatable bonds is 5. The van der Waals surface area contributed by atoms with Crippen molar-refractivity contribution in [1.29, 1.82) is 0 Å². The number of hydrogen-bond donors (Lipinski definition) is 0. The van der Waals surface area contributed by atoms with Gasteiger partial charge in [-0.3, -0.25) is 0 Å². The number of hydrogen-bond acceptors (Lipinski definition) is 3. The molecule has 0 aromatic heterocycles. The van der Waals surface area contributed by atoms with E-state index in [1.807, 2.05) is 11.8 Å². The van der Waals surface area contributed by atoms with E-state index in [9.17, 15) is 0 Å². The molecule has 0 fully saturated rings. The standard InChI is InChI=1S/C40H39N2S/c1-26(2)30-15-13-16-31(27(3)4)39(30)42-38(32-14-7-8-17-33(32)40(42,5)6)28-22-24-29(25-23-28)41-34-18-9-11-20-36(34)43-37-21-12-10-19-35(37)41/h7-27H,1-6H3. The largest absolute Gasteiger partial charge is 0.345 e. The summed E-state index contributed by atoms with van der Waals surface area (Å²) in [5.74, 6) is 0.822. The lowest BCUT2D eigenvalue weighted by atomic mass is 9.88. The van der Waals surface area contributed by atoms with Crippen molar-refractivity contribution in [2.45, 2.75) is 68.7 Å². The van der Waals surface area contributed by atoms with Gasteiger partial charge in [-0.05, 0) is 89.9 Å². The maximum Gasteiger partial charge on any atom is 0.124 e. The number of fused-ring (bicyclic) bond motifs is 3. The molecule has 215 valence electrons. The fraction of sp³-hybridized carbons (Fsp3) is 0.225. The second-order valence-corrected chi connectivity index (χ2v) is 13.9. The average Bonchev–Trinajstić information content (AvgIpc) is 3.25. The quantitative estimate of drug-likeness (QED) is 0.201. The van der Waals surface area contributed by atoms with Gasteiger partial charge >= 0.3 is 0 Å². The molecule has 2 heterocycles. The lowest BCUT2D eigenvalue weighted by molar-refractivity contribution is 0.529. The average molecular weight is 580 g/mol. The molecule has 0 atom stereocenters. The number of para-hydroxylation sites is 3. The van der Waals surface area contributed by atoms with Crippen LogP contribution >= 0.6 is 11.8 Å². The SMILES string of the molecule is CC(C)c1cccc(C(C)C)c1N1[C](c2ccc(N3c4ccccc4Sc4ccccc43)cc2)c2ccccc2C1(C)C. The summed E-state index contributed by atoms with van der Waals surface area (Å²) in [6, 6.07) is 43.9. The first kappa shape index (κ1) is 27.9. The monoisotopic (exact) mass is 579 g/mol. The van der Waals surface area contributed by atoms with Crippen LogP contribution < -0.4 is 9.80 Å². The highest BCUT2D eigenvalue weighted by molar-refractivity contribution is 7.99. The molecular formula is C40H39N2S. The molecule has 2 aliphatic heterocycles. The zero-order valence-electron chi connectivity index (χ0n) is 25.9. The van der Waals surface area contributed by atoms with E-state index in [1.165, 1.54) is 66.4 Å². The first-order chi connectivity index (χ1) is 20.8. The summed E-state index contributed by atoms with van der Waals surface area (Å²) in [5, 5.41) is 0. The Bertz CT molecular complexity index is 1730. The molecule has 0 N–H and O–H groups in total. The molecule has 5 aromatic carbocycles. The summed E-state index contributed by atoms with van der Waals surface area (Å²) in [4.78, 5) is 7.62. The molecule has 0 saturated carbocycles. The minimum Gasteiger partial charge on any atom is -0.345 e. The molecule has 43 heavy (non-hydrogen) atoms. The molecule has 0 unspecified atom stereocenters. The van der Waals surface area contributed by atoms with Gasteiger partial charge in [0.05, 0.1) is 16.9 Å². The Hall–Kier alpha value is -3.95. The molecule has 2 aliphatic rings. The Labute approximate surface area is 261 Å². The summed E-state index contributed by atoms with van der Waals surface area (Å²) in [6.07, 6.45) is 0. The second kappa shape index (κ2) is 10.6. The lowest BCUT2D eigenvalue weighted by Crippen LogP contribution is -2.40. The van der Waals surface area contributed by atoms with Gasteiger partial charge in [-0.1, -0.05) is 118 Å². The van der Waals surface area contributed by atoms with Crippen molar-refractivity contribution >= 4 is 34.5 Å². The van der Waals surface area contributed by atoms with Crippen LogP contribution in [0.2, 0.25) is 0 Å². The molecule has 1 radical (unpaired) electrons. The molecule has 5 aromatic rings. The van der Waals surface area contributed by atoms with Crippen molar-refractivity contribution in [3.05, 3.63) is 149 Å². The molecule has 2 nitrogen and oxygen atoms in total. The Balaban J connectivity index is 1.39. The van der Waals surface area contributed by atoms with Gasteiger partial charge in [0.2, 0.25) is 0 Å². The number of nitrogens with zero attached hydrogens (tertiary/aromatic N) is 2. The lowest BCUT2D eigenvalue weighted by Gasteiger charge is -2.42. The smallest absolute Gasteiger partial charge is 0.124 e. The molecule has 0 saturated heterocycles. The second-order valence-electron chi connectivity index (χ2n) is 12.8. The zero-order chi connectivity index (χ0) is 29.9. The summed E-state index contributed by atoms with van der Waals surface area (Å²) in [5.41, 5.74) is 11.5. The molecule has 0 amide bonds. The van der Waals surface area contributed by atoms with Crippen LogP contribution in [0, 0.1) is 6.04 Å². The zero-order valence-corrected chi connectivity index (χ0v) is 26.7. The third-order valence-corrected chi connectivity index (χ3v) is 10.2. The van der Waals surface area contributed by atoms with E-state index in [2.05, 4.69) is 167 Å². The molecule has 0 bridgehead atoms. The predicted molar refractivity (Wildman–Crippen MR) is 183 cm³/mol. The van der Waals surface area contributed by atoms with E-state index in [0.29, 0.717) is 11.8 Å². The van der Waals surface area contributed by atoms with Gasteiger partial charge in [-0.25, -0.2) is 0 Å². The van der Waals surface area contributed by atoms with Gasteiger partial charge in [-0.2, -0.15) is 0 Å². The Morgan fingerprint density at radius 2 is 1.12 bits per heavy atom. The van der Waals surface area contributed by atoms with Gasteiger partial charge in [-0.15, -0.1) is 0 Å². The highest BCUT2D eigenvalue weighted by atomic mass is 32.2. The Morgan fingerprint density at radius 3 is 1.70 bits per heavy atom. The van der Waals surface area contributed by atoms with Crippen LogP contribution in [-0.4, -0.2) is 0 Å². The van der Waals surface area contributed by atoms with Crippen molar-refractivity contribution < 1.29 is 0 Å². The van der Waals surface area contributed by atoms with Gasteiger partial charge < -0.3 is 9.80 Å². The van der Waals surface area contributed by atoms with E-state index in [4.69, 9.17) is 0 Å². The van der Waals surface area contributed by atoms with Crippen molar-refractivity contribution in [3.63, 3.8) is 0 Å². The topological polar surface area (TPSA) is 6.48 Å². The molecule has 0 aliphatic carbocycles. The molecule has 7 rings (SSSR count). The maximum absolute atomic E-state index is 2.65. The fourth-order valence-electron chi connectivity index (χ4n) is 6.94. The summed E-state index contributed by atoms with van der Waals surface area (Å²) in [7, 11) is 0.